The smallest absolute Gasteiger partial charge is 0.337 e. The molecule has 6 nitrogen and oxygen atoms in total. The average Bonchev–Trinajstić information content (AvgIpc) is 3.11. The standard InChI is InChI=1S/C17H17N3O3S2/c1-3-6-23-17(22)14-10(2)20-16(25-9-13(19)21)11(8-18)15(14)12-5-4-7-24-12/h3-5,7,15,20H,1,6,9H2,2H3,(H2,19,21). The summed E-state index contributed by atoms with van der Waals surface area (Å²) >= 11 is 2.59. The van der Waals surface area contributed by atoms with Crippen molar-refractivity contribution in [3.8, 4) is 6.07 Å². The summed E-state index contributed by atoms with van der Waals surface area (Å²) in [5.74, 6) is -1.50. The minimum atomic E-state index is -0.543. The first kappa shape index (κ1) is 18.8. The number of hydrogen-bond donors (Lipinski definition) is 2. The van der Waals surface area contributed by atoms with Gasteiger partial charge in [0.05, 0.1) is 33.9 Å². The van der Waals surface area contributed by atoms with Gasteiger partial charge in [0.15, 0.2) is 0 Å². The van der Waals surface area contributed by atoms with E-state index < -0.39 is 17.8 Å². The van der Waals surface area contributed by atoms with Crippen LogP contribution in [0.5, 0.6) is 0 Å². The van der Waals surface area contributed by atoms with E-state index in [1.165, 1.54) is 17.4 Å². The number of thioether (sulfide) groups is 1. The summed E-state index contributed by atoms with van der Waals surface area (Å²) in [6.07, 6.45) is 1.49. The highest BCUT2D eigenvalue weighted by Crippen LogP contribution is 2.42. The maximum Gasteiger partial charge on any atom is 0.337 e. The molecule has 25 heavy (non-hydrogen) atoms. The van der Waals surface area contributed by atoms with Crippen molar-refractivity contribution >= 4 is 35.0 Å². The van der Waals surface area contributed by atoms with Crippen molar-refractivity contribution in [3.63, 3.8) is 0 Å². The number of carbonyl (C=O) groups excluding carboxylic acids is 2. The molecule has 0 saturated carbocycles. The number of esters is 1. The number of thiophene rings is 1. The largest absolute Gasteiger partial charge is 0.458 e. The van der Waals surface area contributed by atoms with Crippen molar-refractivity contribution < 1.29 is 14.3 Å². The molecule has 0 spiro atoms. The van der Waals surface area contributed by atoms with Gasteiger partial charge in [-0.05, 0) is 18.4 Å². The van der Waals surface area contributed by atoms with Gasteiger partial charge in [0.1, 0.15) is 6.61 Å². The number of primary amides is 1. The van der Waals surface area contributed by atoms with E-state index in [0.29, 0.717) is 21.9 Å². The lowest BCUT2D eigenvalue weighted by molar-refractivity contribution is -0.138. The fraction of sp³-hybridized carbons (Fsp3) is 0.235. The third kappa shape index (κ3) is 4.32. The molecule has 0 aliphatic carbocycles. The van der Waals surface area contributed by atoms with Crippen LogP contribution in [0.1, 0.15) is 17.7 Å². The van der Waals surface area contributed by atoms with Crippen LogP contribution in [0.4, 0.5) is 0 Å². The number of nitrogens with zero attached hydrogens (tertiary/aromatic N) is 1. The Morgan fingerprint density at radius 1 is 1.60 bits per heavy atom. The van der Waals surface area contributed by atoms with E-state index in [0.717, 1.165) is 16.6 Å². The molecule has 130 valence electrons. The van der Waals surface area contributed by atoms with Crippen molar-refractivity contribution in [1.82, 2.24) is 5.32 Å². The van der Waals surface area contributed by atoms with Gasteiger partial charge < -0.3 is 15.8 Å². The second kappa shape index (κ2) is 8.55. The summed E-state index contributed by atoms with van der Waals surface area (Å²) in [7, 11) is 0. The second-order valence-electron chi connectivity index (χ2n) is 5.11. The summed E-state index contributed by atoms with van der Waals surface area (Å²) in [5.41, 5.74) is 6.53. The van der Waals surface area contributed by atoms with Crippen LogP contribution in [0, 0.1) is 11.3 Å². The highest BCUT2D eigenvalue weighted by molar-refractivity contribution is 8.03. The van der Waals surface area contributed by atoms with Crippen LogP contribution in [0.2, 0.25) is 0 Å². The van der Waals surface area contributed by atoms with Crippen LogP contribution in [0.15, 0.2) is 52.0 Å². The summed E-state index contributed by atoms with van der Waals surface area (Å²) in [5, 5.41) is 15.1. The highest BCUT2D eigenvalue weighted by Gasteiger charge is 2.36. The molecule has 2 rings (SSSR count). The Labute approximate surface area is 154 Å². The van der Waals surface area contributed by atoms with Gasteiger partial charge >= 0.3 is 5.97 Å². The van der Waals surface area contributed by atoms with Crippen LogP contribution < -0.4 is 11.1 Å². The summed E-state index contributed by atoms with van der Waals surface area (Å²) in [6, 6.07) is 5.89. The SMILES string of the molecule is C=CCOC(=O)C1=C(C)NC(SCC(N)=O)=C(C#N)C1c1cccs1. The van der Waals surface area contributed by atoms with Crippen LogP contribution in [-0.2, 0) is 14.3 Å². The van der Waals surface area contributed by atoms with E-state index in [1.54, 1.807) is 6.92 Å². The molecule has 1 atom stereocenters. The first-order valence-electron chi connectivity index (χ1n) is 7.34. The number of nitrogens with two attached hydrogens (primary N) is 1. The van der Waals surface area contributed by atoms with Crippen LogP contribution >= 0.6 is 23.1 Å². The zero-order valence-corrected chi connectivity index (χ0v) is 15.2. The van der Waals surface area contributed by atoms with Crippen molar-refractivity contribution in [1.29, 1.82) is 5.26 Å². The topological polar surface area (TPSA) is 105 Å². The average molecular weight is 375 g/mol. The molecule has 1 aromatic heterocycles. The molecule has 3 N–H and O–H groups in total. The minimum Gasteiger partial charge on any atom is -0.458 e. The first-order chi connectivity index (χ1) is 12.0. The number of ether oxygens (including phenoxy) is 1. The monoisotopic (exact) mass is 375 g/mol. The number of hydrogen-bond acceptors (Lipinski definition) is 7. The second-order valence-corrected chi connectivity index (χ2v) is 7.07. The van der Waals surface area contributed by atoms with Gasteiger partial charge in [0.2, 0.25) is 5.91 Å². The lowest BCUT2D eigenvalue weighted by Crippen LogP contribution is -2.29. The maximum absolute atomic E-state index is 12.5. The van der Waals surface area contributed by atoms with E-state index in [-0.39, 0.29) is 12.4 Å². The Kier molecular flexibility index (Phi) is 6.44. The highest BCUT2D eigenvalue weighted by atomic mass is 32.2. The molecule has 0 saturated heterocycles. The fourth-order valence-electron chi connectivity index (χ4n) is 2.39. The normalized spacial score (nSPS) is 16.9. The van der Waals surface area contributed by atoms with Gasteiger partial charge in [-0.2, -0.15) is 5.26 Å². The van der Waals surface area contributed by atoms with E-state index in [1.807, 2.05) is 17.5 Å². The lowest BCUT2D eigenvalue weighted by Gasteiger charge is -2.28. The minimum absolute atomic E-state index is 0.0359. The van der Waals surface area contributed by atoms with Gasteiger partial charge in [-0.3, -0.25) is 4.79 Å². The Hall–Kier alpha value is -2.50. The zero-order valence-electron chi connectivity index (χ0n) is 13.6. The van der Waals surface area contributed by atoms with Crippen molar-refractivity contribution in [2.75, 3.05) is 12.4 Å². The van der Waals surface area contributed by atoms with E-state index >= 15 is 0 Å². The lowest BCUT2D eigenvalue weighted by atomic mass is 9.87. The molecule has 0 fully saturated rings. The Balaban J connectivity index is 2.48. The fourth-order valence-corrected chi connectivity index (χ4v) is 4.07. The van der Waals surface area contributed by atoms with Gasteiger partial charge in [0, 0.05) is 10.6 Å². The van der Waals surface area contributed by atoms with Gasteiger partial charge in [-0.1, -0.05) is 30.5 Å². The van der Waals surface area contributed by atoms with Crippen LogP contribution in [-0.4, -0.2) is 24.2 Å². The molecule has 0 radical (unpaired) electrons. The molecule has 1 aromatic rings. The summed E-state index contributed by atoms with van der Waals surface area (Å²) in [4.78, 5) is 24.5. The molecule has 1 aliphatic rings. The third-order valence-corrected chi connectivity index (χ3v) is 5.36. The molecule has 0 aromatic carbocycles. The third-order valence-electron chi connectivity index (χ3n) is 3.39. The van der Waals surface area contributed by atoms with Crippen molar-refractivity contribution in [3.05, 3.63) is 56.9 Å². The van der Waals surface area contributed by atoms with Crippen molar-refractivity contribution in [2.24, 2.45) is 5.73 Å². The number of amides is 1. The maximum atomic E-state index is 12.5. The molecule has 1 amide bonds. The zero-order chi connectivity index (χ0) is 18.4. The predicted molar refractivity (Wildman–Crippen MR) is 98.3 cm³/mol. The Morgan fingerprint density at radius 3 is 2.92 bits per heavy atom. The quantitative estimate of drug-likeness (QED) is 0.560. The predicted octanol–water partition coefficient (Wildman–Crippen LogP) is 2.39. The van der Waals surface area contributed by atoms with Crippen molar-refractivity contribution in [2.45, 2.75) is 12.8 Å². The van der Waals surface area contributed by atoms with Gasteiger partial charge in [-0.15, -0.1) is 11.3 Å². The molecular weight excluding hydrogens is 358 g/mol. The molecule has 0 bridgehead atoms. The summed E-state index contributed by atoms with van der Waals surface area (Å²) < 4.78 is 5.19. The number of dihydropyridines is 1. The molecule has 1 aliphatic heterocycles. The van der Waals surface area contributed by atoms with Gasteiger partial charge in [-0.25, -0.2) is 4.79 Å². The molecule has 1 unspecified atom stereocenters. The van der Waals surface area contributed by atoms with E-state index in [4.69, 9.17) is 10.5 Å². The number of nitrogens with one attached hydrogen (secondary N) is 1. The number of rotatable bonds is 7. The number of allylic oxidation sites excluding steroid dienone is 2. The first-order valence-corrected chi connectivity index (χ1v) is 9.20. The van der Waals surface area contributed by atoms with Crippen LogP contribution in [0.25, 0.3) is 0 Å². The molecular formula is C17H17N3O3S2. The summed E-state index contributed by atoms with van der Waals surface area (Å²) in [6.45, 7) is 5.36. The van der Waals surface area contributed by atoms with Crippen LogP contribution in [0.3, 0.4) is 0 Å². The number of carbonyl (C=O) groups is 2. The Morgan fingerprint density at radius 2 is 2.36 bits per heavy atom. The van der Waals surface area contributed by atoms with E-state index in [2.05, 4.69) is 18.0 Å². The Bertz CT molecular complexity index is 789. The molecule has 8 heteroatoms. The van der Waals surface area contributed by atoms with Gasteiger partial charge in [0.25, 0.3) is 0 Å². The molecule has 2 heterocycles. The number of nitriles is 1. The van der Waals surface area contributed by atoms with E-state index in [9.17, 15) is 14.9 Å².